The Balaban J connectivity index is 2.20. The van der Waals surface area contributed by atoms with Crippen LogP contribution in [0.25, 0.3) is 0 Å². The van der Waals surface area contributed by atoms with Gasteiger partial charge in [-0.2, -0.15) is 0 Å². The lowest BCUT2D eigenvalue weighted by Crippen LogP contribution is -2.62. The van der Waals surface area contributed by atoms with Crippen molar-refractivity contribution in [2.45, 2.75) is 37.0 Å². The molecule has 1 aliphatic heterocycles. The van der Waals surface area contributed by atoms with Crippen molar-refractivity contribution in [3.8, 4) is 0 Å². The predicted octanol–water partition coefficient (Wildman–Crippen LogP) is 0.407. The number of rotatable bonds is 3. The van der Waals surface area contributed by atoms with Crippen LogP contribution in [0.4, 0.5) is 13.2 Å². The third-order valence-corrected chi connectivity index (χ3v) is 3.81. The van der Waals surface area contributed by atoms with Crippen LogP contribution in [0.2, 0.25) is 0 Å². The molecule has 2 N–H and O–H groups in total. The van der Waals surface area contributed by atoms with Gasteiger partial charge in [0.25, 0.3) is 0 Å². The van der Waals surface area contributed by atoms with Gasteiger partial charge in [0.2, 0.25) is 6.43 Å². The Morgan fingerprint density at radius 2 is 1.94 bits per heavy atom. The van der Waals surface area contributed by atoms with Gasteiger partial charge >= 0.3 is 0 Å². The molecule has 0 radical (unpaired) electrons. The maximum Gasteiger partial charge on any atom is 0.245 e. The van der Waals surface area contributed by atoms with Crippen molar-refractivity contribution in [3.05, 3.63) is 0 Å². The zero-order chi connectivity index (χ0) is 11.9. The molecule has 0 aromatic carbocycles. The van der Waals surface area contributed by atoms with Crippen LogP contribution >= 0.6 is 0 Å². The third-order valence-electron chi connectivity index (χ3n) is 3.81. The molecule has 1 saturated carbocycles. The molecule has 16 heavy (non-hydrogen) atoms. The fourth-order valence-corrected chi connectivity index (χ4v) is 2.86. The first-order chi connectivity index (χ1) is 7.53. The zero-order valence-electron chi connectivity index (χ0n) is 8.82. The fraction of sp³-hybridized carbons (Fsp3) is 1.00. The van der Waals surface area contributed by atoms with Crippen LogP contribution in [-0.4, -0.2) is 59.0 Å². The molecule has 6 heteroatoms. The highest BCUT2D eigenvalue weighted by Gasteiger charge is 2.62. The van der Waals surface area contributed by atoms with E-state index in [2.05, 4.69) is 0 Å². The smallest absolute Gasteiger partial charge is 0.245 e. The standard InChI is InChI=1S/C10H16F3NO2/c11-3-4-14-5-6(15)8(16)7(9(12)13)10(14)1-2-10/h6-9,15-16H,1-5H2/t6-,7+,8+/m1/s1. The predicted molar refractivity (Wildman–Crippen MR) is 51.0 cm³/mol. The maximum atomic E-state index is 12.9. The van der Waals surface area contributed by atoms with Gasteiger partial charge in [-0.15, -0.1) is 0 Å². The summed E-state index contributed by atoms with van der Waals surface area (Å²) >= 11 is 0. The van der Waals surface area contributed by atoms with E-state index in [1.807, 2.05) is 0 Å². The normalized spacial score (nSPS) is 38.2. The summed E-state index contributed by atoms with van der Waals surface area (Å²) in [4.78, 5) is 1.57. The lowest BCUT2D eigenvalue weighted by molar-refractivity contribution is -0.152. The number of halogens is 3. The largest absolute Gasteiger partial charge is 0.390 e. The van der Waals surface area contributed by atoms with E-state index in [-0.39, 0.29) is 13.1 Å². The number of hydrogen-bond donors (Lipinski definition) is 2. The topological polar surface area (TPSA) is 43.7 Å². The average Bonchev–Trinajstić information content (AvgIpc) is 2.96. The fourth-order valence-electron chi connectivity index (χ4n) is 2.86. The highest BCUT2D eigenvalue weighted by Crippen LogP contribution is 2.53. The van der Waals surface area contributed by atoms with Gasteiger partial charge in [-0.3, -0.25) is 4.90 Å². The summed E-state index contributed by atoms with van der Waals surface area (Å²) in [5.41, 5.74) is -0.779. The zero-order valence-corrected chi connectivity index (χ0v) is 8.82. The molecule has 94 valence electrons. The summed E-state index contributed by atoms with van der Waals surface area (Å²) in [6.45, 7) is -0.498. The number of aliphatic hydroxyl groups is 2. The Labute approximate surface area is 91.9 Å². The van der Waals surface area contributed by atoms with E-state index >= 15 is 0 Å². The monoisotopic (exact) mass is 239 g/mol. The van der Waals surface area contributed by atoms with Gasteiger partial charge in [0.15, 0.2) is 0 Å². The SMILES string of the molecule is O[C@H]1[C@H](O)CN(CCF)C2(CC2)[C@@H]1C(F)F. The van der Waals surface area contributed by atoms with Gasteiger partial charge in [0.05, 0.1) is 18.1 Å². The molecule has 0 unspecified atom stereocenters. The van der Waals surface area contributed by atoms with Crippen LogP contribution in [0.3, 0.4) is 0 Å². The Morgan fingerprint density at radius 3 is 2.38 bits per heavy atom. The van der Waals surface area contributed by atoms with Crippen molar-refractivity contribution in [1.82, 2.24) is 4.90 Å². The quantitative estimate of drug-likeness (QED) is 0.749. The highest BCUT2D eigenvalue weighted by molar-refractivity contribution is 5.15. The Bertz CT molecular complexity index is 260. The first-order valence-electron chi connectivity index (χ1n) is 5.48. The number of likely N-dealkylation sites (tertiary alicyclic amines) is 1. The Kier molecular flexibility index (Phi) is 3.16. The number of nitrogens with zero attached hydrogens (tertiary/aromatic N) is 1. The van der Waals surface area contributed by atoms with Crippen LogP contribution in [0, 0.1) is 5.92 Å². The van der Waals surface area contributed by atoms with Crippen LogP contribution in [0.5, 0.6) is 0 Å². The van der Waals surface area contributed by atoms with Gasteiger partial charge in [-0.25, -0.2) is 13.2 Å². The minimum atomic E-state index is -2.69. The number of β-amino-alcohol motifs (C(OH)–C–C–N with tert-alkyl or cyclic N) is 1. The molecule has 3 nitrogen and oxygen atoms in total. The molecule has 1 spiro atoms. The lowest BCUT2D eigenvalue weighted by Gasteiger charge is -2.46. The first kappa shape index (κ1) is 12.1. The first-order valence-corrected chi connectivity index (χ1v) is 5.48. The van der Waals surface area contributed by atoms with E-state index in [0.29, 0.717) is 12.8 Å². The minimum absolute atomic E-state index is 0.0486. The second-order valence-electron chi connectivity index (χ2n) is 4.66. The van der Waals surface area contributed by atoms with Gasteiger partial charge in [0.1, 0.15) is 6.67 Å². The summed E-state index contributed by atoms with van der Waals surface area (Å²) in [5, 5.41) is 19.1. The van der Waals surface area contributed by atoms with Gasteiger partial charge in [-0.1, -0.05) is 0 Å². The maximum absolute atomic E-state index is 12.9. The summed E-state index contributed by atoms with van der Waals surface area (Å²) in [6.07, 6.45) is -4.21. The van der Waals surface area contributed by atoms with Crippen molar-refractivity contribution in [3.63, 3.8) is 0 Å². The van der Waals surface area contributed by atoms with Crippen LogP contribution in [0.1, 0.15) is 12.8 Å². The highest BCUT2D eigenvalue weighted by atomic mass is 19.3. The molecule has 0 aromatic heterocycles. The number of piperidine rings is 1. The molecule has 3 atom stereocenters. The van der Waals surface area contributed by atoms with E-state index < -0.39 is 36.8 Å². The second kappa shape index (κ2) is 4.16. The van der Waals surface area contributed by atoms with Crippen molar-refractivity contribution < 1.29 is 23.4 Å². The van der Waals surface area contributed by atoms with Gasteiger partial charge in [0, 0.05) is 18.6 Å². The summed E-state index contributed by atoms with van der Waals surface area (Å²) in [6, 6.07) is 0. The van der Waals surface area contributed by atoms with E-state index in [4.69, 9.17) is 0 Å². The van der Waals surface area contributed by atoms with Crippen molar-refractivity contribution >= 4 is 0 Å². The van der Waals surface area contributed by atoms with Crippen molar-refractivity contribution in [2.75, 3.05) is 19.8 Å². The van der Waals surface area contributed by atoms with Crippen LogP contribution in [0.15, 0.2) is 0 Å². The third kappa shape index (κ3) is 1.72. The second-order valence-corrected chi connectivity index (χ2v) is 4.66. The molecule has 2 rings (SSSR count). The van der Waals surface area contributed by atoms with E-state index in [1.165, 1.54) is 0 Å². The molecule has 2 aliphatic rings. The van der Waals surface area contributed by atoms with Crippen molar-refractivity contribution in [1.29, 1.82) is 0 Å². The van der Waals surface area contributed by atoms with Crippen LogP contribution in [-0.2, 0) is 0 Å². The molecule has 0 amide bonds. The van der Waals surface area contributed by atoms with E-state index in [0.717, 1.165) is 0 Å². The number of aliphatic hydroxyl groups excluding tert-OH is 2. The van der Waals surface area contributed by atoms with Gasteiger partial charge in [-0.05, 0) is 12.8 Å². The molecular weight excluding hydrogens is 223 g/mol. The van der Waals surface area contributed by atoms with Crippen molar-refractivity contribution in [2.24, 2.45) is 5.92 Å². The van der Waals surface area contributed by atoms with Crippen LogP contribution < -0.4 is 0 Å². The molecule has 2 fully saturated rings. The molecular formula is C10H16F3NO2. The van der Waals surface area contributed by atoms with Gasteiger partial charge < -0.3 is 10.2 Å². The van der Waals surface area contributed by atoms with E-state index in [1.54, 1.807) is 4.90 Å². The Hall–Kier alpha value is -0.330. The molecule has 1 saturated heterocycles. The Morgan fingerprint density at radius 1 is 1.31 bits per heavy atom. The molecule has 1 aliphatic carbocycles. The number of alkyl halides is 3. The number of hydrogen-bond acceptors (Lipinski definition) is 3. The molecule has 0 aromatic rings. The summed E-state index contributed by atoms with van der Waals surface area (Å²) < 4.78 is 38.1. The summed E-state index contributed by atoms with van der Waals surface area (Å²) in [7, 11) is 0. The molecule has 1 heterocycles. The lowest BCUT2D eigenvalue weighted by atomic mass is 9.83. The van der Waals surface area contributed by atoms with E-state index in [9.17, 15) is 23.4 Å². The average molecular weight is 239 g/mol. The molecule has 0 bridgehead atoms. The minimum Gasteiger partial charge on any atom is -0.390 e. The summed E-state index contributed by atoms with van der Waals surface area (Å²) in [5.74, 6) is -1.26.